The average molecular weight is 261 g/mol. The summed E-state index contributed by atoms with van der Waals surface area (Å²) in [7, 11) is 2.03. The number of aromatic nitrogens is 4. The Morgan fingerprint density at radius 1 is 1.32 bits per heavy atom. The van der Waals surface area contributed by atoms with Gasteiger partial charge in [0, 0.05) is 37.7 Å². The molecule has 1 unspecified atom stereocenters. The summed E-state index contributed by atoms with van der Waals surface area (Å²) in [5, 5.41) is 7.96. The second-order valence-corrected chi connectivity index (χ2v) is 4.82. The van der Waals surface area contributed by atoms with Crippen LogP contribution < -0.4 is 5.32 Å². The summed E-state index contributed by atoms with van der Waals surface area (Å²) >= 11 is 0. The standard InChI is InChI=1S/C14H23N5/c1-4-6-15-13(14-16-7-9-18(14)3)12-10-17-19(11-12)8-5-2/h7,9-11,13,15H,4-6,8H2,1-3H3. The van der Waals surface area contributed by atoms with Gasteiger partial charge in [-0.15, -0.1) is 0 Å². The smallest absolute Gasteiger partial charge is 0.130 e. The Hall–Kier alpha value is -1.62. The highest BCUT2D eigenvalue weighted by Crippen LogP contribution is 2.19. The molecule has 0 aromatic carbocycles. The first-order valence-corrected chi connectivity index (χ1v) is 6.99. The first-order valence-electron chi connectivity index (χ1n) is 6.99. The van der Waals surface area contributed by atoms with E-state index in [-0.39, 0.29) is 6.04 Å². The number of hydrogen-bond acceptors (Lipinski definition) is 3. The van der Waals surface area contributed by atoms with Crippen LogP contribution in [0.3, 0.4) is 0 Å². The third kappa shape index (κ3) is 3.23. The van der Waals surface area contributed by atoms with Gasteiger partial charge in [0.05, 0.1) is 12.2 Å². The van der Waals surface area contributed by atoms with Crippen LogP contribution in [0.2, 0.25) is 0 Å². The molecule has 2 aromatic rings. The molecule has 0 aliphatic carbocycles. The molecule has 1 N–H and O–H groups in total. The maximum Gasteiger partial charge on any atom is 0.130 e. The van der Waals surface area contributed by atoms with Crippen LogP contribution in [0.25, 0.3) is 0 Å². The van der Waals surface area contributed by atoms with Crippen LogP contribution >= 0.6 is 0 Å². The lowest BCUT2D eigenvalue weighted by Gasteiger charge is -2.16. The molecule has 0 bridgehead atoms. The van der Waals surface area contributed by atoms with Crippen molar-refractivity contribution in [3.63, 3.8) is 0 Å². The van der Waals surface area contributed by atoms with Gasteiger partial charge in [0.1, 0.15) is 5.82 Å². The monoisotopic (exact) mass is 261 g/mol. The van der Waals surface area contributed by atoms with Crippen molar-refractivity contribution in [2.45, 2.75) is 39.3 Å². The van der Waals surface area contributed by atoms with Crippen LogP contribution in [-0.2, 0) is 13.6 Å². The first-order chi connectivity index (χ1) is 9.26. The number of nitrogens with one attached hydrogen (secondary N) is 1. The van der Waals surface area contributed by atoms with Crippen molar-refractivity contribution in [2.75, 3.05) is 6.54 Å². The molecule has 2 aromatic heterocycles. The Balaban J connectivity index is 2.23. The van der Waals surface area contributed by atoms with Crippen LogP contribution in [-0.4, -0.2) is 25.9 Å². The summed E-state index contributed by atoms with van der Waals surface area (Å²) in [5.74, 6) is 1.03. The van der Waals surface area contributed by atoms with E-state index in [0.717, 1.165) is 31.8 Å². The summed E-state index contributed by atoms with van der Waals surface area (Å²) in [6, 6.07) is 0.116. The Morgan fingerprint density at radius 3 is 2.79 bits per heavy atom. The van der Waals surface area contributed by atoms with Gasteiger partial charge < -0.3 is 9.88 Å². The van der Waals surface area contributed by atoms with E-state index >= 15 is 0 Å². The summed E-state index contributed by atoms with van der Waals surface area (Å²) in [5.41, 5.74) is 1.18. The molecule has 0 spiro atoms. The Kier molecular flexibility index (Phi) is 4.74. The van der Waals surface area contributed by atoms with Gasteiger partial charge in [-0.05, 0) is 19.4 Å². The summed E-state index contributed by atoms with van der Waals surface area (Å²) < 4.78 is 4.06. The quantitative estimate of drug-likeness (QED) is 0.830. The molecule has 104 valence electrons. The lowest BCUT2D eigenvalue weighted by molar-refractivity contribution is 0.553. The molecule has 1 atom stereocenters. The van der Waals surface area contributed by atoms with Gasteiger partial charge in [0.25, 0.3) is 0 Å². The highest BCUT2D eigenvalue weighted by atomic mass is 15.3. The van der Waals surface area contributed by atoms with E-state index in [2.05, 4.69) is 40.0 Å². The van der Waals surface area contributed by atoms with Gasteiger partial charge in [-0.1, -0.05) is 13.8 Å². The van der Waals surface area contributed by atoms with Crippen molar-refractivity contribution in [1.29, 1.82) is 0 Å². The van der Waals surface area contributed by atoms with Crippen LogP contribution in [0.1, 0.15) is 44.1 Å². The van der Waals surface area contributed by atoms with E-state index in [1.807, 2.05) is 30.3 Å². The van der Waals surface area contributed by atoms with Gasteiger partial charge >= 0.3 is 0 Å². The highest BCUT2D eigenvalue weighted by Gasteiger charge is 2.18. The largest absolute Gasteiger partial charge is 0.336 e. The maximum atomic E-state index is 4.46. The summed E-state index contributed by atoms with van der Waals surface area (Å²) in [4.78, 5) is 4.46. The van der Waals surface area contributed by atoms with E-state index in [0.29, 0.717) is 0 Å². The Bertz CT molecular complexity index is 499. The molecule has 0 radical (unpaired) electrons. The predicted octanol–water partition coefficient (Wildman–Crippen LogP) is 2.12. The minimum Gasteiger partial charge on any atom is -0.336 e. The first kappa shape index (κ1) is 13.8. The molecular formula is C14H23N5. The van der Waals surface area contributed by atoms with Gasteiger partial charge in [0.2, 0.25) is 0 Å². The zero-order valence-electron chi connectivity index (χ0n) is 12.0. The van der Waals surface area contributed by atoms with Crippen molar-refractivity contribution in [3.05, 3.63) is 36.2 Å². The van der Waals surface area contributed by atoms with Crippen molar-refractivity contribution < 1.29 is 0 Å². The van der Waals surface area contributed by atoms with Gasteiger partial charge in [-0.2, -0.15) is 5.10 Å². The normalized spacial score (nSPS) is 12.8. The van der Waals surface area contributed by atoms with Crippen molar-refractivity contribution in [1.82, 2.24) is 24.6 Å². The van der Waals surface area contributed by atoms with E-state index in [1.54, 1.807) is 0 Å². The average Bonchev–Trinajstić information content (AvgIpc) is 3.01. The fraction of sp³-hybridized carbons (Fsp3) is 0.571. The third-order valence-electron chi connectivity index (χ3n) is 3.15. The molecular weight excluding hydrogens is 238 g/mol. The highest BCUT2D eigenvalue weighted by molar-refractivity contribution is 5.20. The lowest BCUT2D eigenvalue weighted by atomic mass is 10.1. The van der Waals surface area contributed by atoms with E-state index in [9.17, 15) is 0 Å². The Labute approximate surface area is 114 Å². The van der Waals surface area contributed by atoms with E-state index in [4.69, 9.17) is 0 Å². The third-order valence-corrected chi connectivity index (χ3v) is 3.15. The zero-order valence-corrected chi connectivity index (χ0v) is 12.0. The summed E-state index contributed by atoms with van der Waals surface area (Å²) in [6.07, 6.45) is 10.1. The molecule has 0 aliphatic heterocycles. The molecule has 0 saturated carbocycles. The molecule has 19 heavy (non-hydrogen) atoms. The lowest BCUT2D eigenvalue weighted by Crippen LogP contribution is -2.25. The predicted molar refractivity (Wildman–Crippen MR) is 75.9 cm³/mol. The molecule has 0 fully saturated rings. The second-order valence-electron chi connectivity index (χ2n) is 4.82. The molecule has 0 saturated heterocycles. The van der Waals surface area contributed by atoms with Crippen molar-refractivity contribution in [3.8, 4) is 0 Å². The number of aryl methyl sites for hydroxylation is 2. The molecule has 2 rings (SSSR count). The summed E-state index contributed by atoms with van der Waals surface area (Å²) in [6.45, 7) is 6.26. The second kappa shape index (κ2) is 6.52. The van der Waals surface area contributed by atoms with Crippen LogP contribution in [0.5, 0.6) is 0 Å². The molecule has 5 heteroatoms. The van der Waals surface area contributed by atoms with Gasteiger partial charge in [-0.3, -0.25) is 4.68 Å². The minimum atomic E-state index is 0.116. The number of imidazole rings is 1. The van der Waals surface area contributed by atoms with Crippen LogP contribution in [0.4, 0.5) is 0 Å². The number of rotatable bonds is 7. The molecule has 5 nitrogen and oxygen atoms in total. The van der Waals surface area contributed by atoms with Gasteiger partial charge in [0.15, 0.2) is 0 Å². The SMILES string of the molecule is CCCNC(c1cnn(CCC)c1)c1nccn1C. The zero-order chi connectivity index (χ0) is 13.7. The van der Waals surface area contributed by atoms with Crippen molar-refractivity contribution in [2.24, 2.45) is 7.05 Å². The molecule has 0 aliphatic rings. The minimum absolute atomic E-state index is 0.116. The fourth-order valence-electron chi connectivity index (χ4n) is 2.18. The van der Waals surface area contributed by atoms with E-state index < -0.39 is 0 Å². The van der Waals surface area contributed by atoms with Crippen LogP contribution in [0, 0.1) is 0 Å². The number of hydrogen-bond donors (Lipinski definition) is 1. The van der Waals surface area contributed by atoms with Crippen LogP contribution in [0.15, 0.2) is 24.8 Å². The molecule has 0 amide bonds. The van der Waals surface area contributed by atoms with Gasteiger partial charge in [-0.25, -0.2) is 4.98 Å². The Morgan fingerprint density at radius 2 is 2.16 bits per heavy atom. The number of nitrogens with zero attached hydrogens (tertiary/aromatic N) is 4. The topological polar surface area (TPSA) is 47.7 Å². The van der Waals surface area contributed by atoms with E-state index in [1.165, 1.54) is 5.56 Å². The maximum absolute atomic E-state index is 4.46. The fourth-order valence-corrected chi connectivity index (χ4v) is 2.18. The molecule has 2 heterocycles. The van der Waals surface area contributed by atoms with Crippen molar-refractivity contribution >= 4 is 0 Å².